The summed E-state index contributed by atoms with van der Waals surface area (Å²) in [7, 11) is -10.2. The summed E-state index contributed by atoms with van der Waals surface area (Å²) in [5, 5.41) is 21.0. The fourth-order valence-electron chi connectivity index (χ4n) is 7.63. The smallest absolute Gasteiger partial charge is 0.776 e. The Morgan fingerprint density at radius 3 is 2.45 bits per heavy atom. The SMILES string of the molecule is CCc1c2c(nc3ccc(O)cc13)-c1cc3c(c(=O)n1C2)COC(=O)[C@@]3(CC)OC(=O)CCCOC(=O)N/N=C/c1cccc(OCCCN(C)CCC(O)(P(=O)([O-])O)P(=O)([O-])O)c1.[Na+].[Na+]. The van der Waals surface area contributed by atoms with Crippen molar-refractivity contribution in [2.45, 2.75) is 76.2 Å². The van der Waals surface area contributed by atoms with Gasteiger partial charge in [-0.05, 0) is 80.3 Å². The van der Waals surface area contributed by atoms with Gasteiger partial charge >= 0.3 is 77.1 Å². The molecule has 0 spiro atoms. The van der Waals surface area contributed by atoms with Crippen LogP contribution in [0.5, 0.6) is 11.5 Å². The number of hydrogen-bond donors (Lipinski definition) is 5. The summed E-state index contributed by atoms with van der Waals surface area (Å²) in [4.78, 5) is 100. The third-order valence-electron chi connectivity index (χ3n) is 11.1. The molecule has 25 heteroatoms. The molecule has 2 unspecified atom stereocenters. The predicted molar refractivity (Wildman–Crippen MR) is 224 cm³/mol. The van der Waals surface area contributed by atoms with E-state index in [2.05, 4.69) is 10.5 Å². The first kappa shape index (κ1) is 55.1. The molecular formula is C41H47N5Na2O16P2. The molecule has 3 atom stereocenters. The van der Waals surface area contributed by atoms with Gasteiger partial charge in [-0.15, -0.1) is 0 Å². The van der Waals surface area contributed by atoms with Crippen molar-refractivity contribution >= 4 is 50.3 Å². The van der Waals surface area contributed by atoms with Crippen LogP contribution in [0.4, 0.5) is 4.79 Å². The van der Waals surface area contributed by atoms with Gasteiger partial charge in [0.15, 0.2) is 20.3 Å². The molecule has 6 rings (SSSR count). The number of nitrogens with zero attached hydrogens (tertiary/aromatic N) is 4. The van der Waals surface area contributed by atoms with Crippen LogP contribution in [0.2, 0.25) is 0 Å². The Kier molecular flexibility index (Phi) is 19.0. The number of cyclic esters (lactones) is 1. The Morgan fingerprint density at radius 2 is 1.77 bits per heavy atom. The molecule has 4 heterocycles. The quantitative estimate of drug-likeness (QED) is 0.0101. The molecule has 0 saturated heterocycles. The minimum atomic E-state index is -5.85. The van der Waals surface area contributed by atoms with Gasteiger partial charge in [0.1, 0.15) is 18.1 Å². The fourth-order valence-corrected chi connectivity index (χ4v) is 9.68. The summed E-state index contributed by atoms with van der Waals surface area (Å²) < 4.78 is 46.5. The number of rotatable bonds is 19. The molecule has 0 bridgehead atoms. The van der Waals surface area contributed by atoms with E-state index in [1.165, 1.54) is 24.2 Å². The zero-order valence-electron chi connectivity index (χ0n) is 37.1. The Labute approximate surface area is 422 Å². The van der Waals surface area contributed by atoms with Crippen molar-refractivity contribution in [1.29, 1.82) is 0 Å². The first-order valence-electron chi connectivity index (χ1n) is 20.2. The number of carbonyl (C=O) groups is 3. The van der Waals surface area contributed by atoms with Gasteiger partial charge in [-0.3, -0.25) is 9.59 Å². The first-order valence-corrected chi connectivity index (χ1v) is 23.4. The van der Waals surface area contributed by atoms with Crippen LogP contribution in [-0.2, 0) is 58.1 Å². The molecule has 4 aromatic rings. The van der Waals surface area contributed by atoms with Crippen LogP contribution in [0.25, 0.3) is 22.3 Å². The monoisotopic (exact) mass is 973 g/mol. The number of pyridine rings is 2. The van der Waals surface area contributed by atoms with Crippen LogP contribution in [-0.4, -0.2) is 97.1 Å². The van der Waals surface area contributed by atoms with Gasteiger partial charge in [0.05, 0.1) is 48.4 Å². The van der Waals surface area contributed by atoms with Crippen molar-refractivity contribution in [2.24, 2.45) is 5.10 Å². The van der Waals surface area contributed by atoms with Crippen LogP contribution in [0.15, 0.2) is 58.4 Å². The fraction of sp³-hybridized carbons (Fsp3) is 0.415. The molecule has 5 N–H and O–H groups in total. The maximum Gasteiger partial charge on any atom is 1.00 e. The summed E-state index contributed by atoms with van der Waals surface area (Å²) >= 11 is 0. The van der Waals surface area contributed by atoms with Gasteiger partial charge < -0.3 is 67.3 Å². The Bertz CT molecular complexity index is 2630. The number of hydrazone groups is 1. The number of phenolic OH excluding ortho intramolecular Hbond substituents is 1. The average molecular weight is 974 g/mol. The van der Waals surface area contributed by atoms with Crippen molar-refractivity contribution in [3.63, 3.8) is 0 Å². The first-order chi connectivity index (χ1) is 30.2. The Hall–Kier alpha value is -3.50. The summed E-state index contributed by atoms with van der Waals surface area (Å²) in [5.74, 6) is -1.08. The standard InChI is InChI=1S/C41H49N5O16P2.2Na/c1-4-28-29-20-26(47)12-13-33(29)43-36-30(28)23-46-34(36)21-32-31(37(46)49)24-61-38(50)40(32,5-2)62-35(48)11-7-17-60-39(51)44-42-22-25-9-6-10-27(19-25)59-18-8-15-45(3)16-14-41(52,63(53,54)55)64(56,57)58;;/h6,9-10,12-13,19-22,47,52H,4-5,7-8,11,14-18,23-24H2,1-3H3,(H,44,51)(H2,53,54,55)(H2,56,57,58);;/q;2*+1/p-2/b42-22+;;/t40-;;/m0../s1. The topological polar surface area (TPSA) is 312 Å². The number of aliphatic hydroxyl groups is 1. The number of ether oxygens (including phenoxy) is 4. The third-order valence-corrected chi connectivity index (χ3v) is 14.8. The van der Waals surface area contributed by atoms with Crippen LogP contribution in [0, 0.1) is 0 Å². The Balaban J connectivity index is 0.00000476. The number of aryl methyl sites for hydroxylation is 1. The zero-order valence-corrected chi connectivity index (χ0v) is 42.8. The molecule has 1 amide bonds. The van der Waals surface area contributed by atoms with Crippen molar-refractivity contribution in [2.75, 3.05) is 33.4 Å². The summed E-state index contributed by atoms with van der Waals surface area (Å²) in [6.07, 6.45) is 0.158. The normalized spacial score (nSPS) is 17.7. The zero-order chi connectivity index (χ0) is 46.6. The van der Waals surface area contributed by atoms with Crippen LogP contribution in [0.1, 0.15) is 73.8 Å². The number of carbonyl (C=O) groups excluding carboxylic acids is 3. The van der Waals surface area contributed by atoms with Gasteiger partial charge in [0, 0.05) is 42.4 Å². The maximum absolute atomic E-state index is 14.0. The molecule has 2 aromatic heterocycles. The molecule has 66 heavy (non-hydrogen) atoms. The summed E-state index contributed by atoms with van der Waals surface area (Å²) in [5.41, 5.74) is 4.25. The number of hydrogen-bond acceptors (Lipinski definition) is 17. The molecule has 0 saturated carbocycles. The predicted octanol–water partition coefficient (Wildman–Crippen LogP) is -3.72. The average Bonchev–Trinajstić information content (AvgIpc) is 3.61. The summed E-state index contributed by atoms with van der Waals surface area (Å²) in [6.45, 7) is 3.47. The molecule has 21 nitrogen and oxygen atoms in total. The molecule has 344 valence electrons. The molecule has 0 fully saturated rings. The van der Waals surface area contributed by atoms with E-state index in [9.17, 15) is 48.3 Å². The van der Waals surface area contributed by atoms with E-state index in [-0.39, 0.29) is 135 Å². The van der Waals surface area contributed by atoms with E-state index in [0.717, 1.165) is 16.5 Å². The van der Waals surface area contributed by atoms with E-state index in [4.69, 9.17) is 33.7 Å². The second kappa shape index (κ2) is 22.7. The van der Waals surface area contributed by atoms with E-state index >= 15 is 0 Å². The molecular weight excluding hydrogens is 926 g/mol. The van der Waals surface area contributed by atoms with Crippen LogP contribution in [0.3, 0.4) is 0 Å². The van der Waals surface area contributed by atoms with Gasteiger partial charge in [-0.2, -0.15) is 5.10 Å². The molecule has 2 aromatic carbocycles. The van der Waals surface area contributed by atoms with E-state index in [1.54, 1.807) is 54.0 Å². The van der Waals surface area contributed by atoms with E-state index in [0.29, 0.717) is 41.1 Å². The van der Waals surface area contributed by atoms with Crippen LogP contribution < -0.4 is 84.6 Å². The molecule has 0 radical (unpaired) electrons. The number of nitrogens with one attached hydrogen (secondary N) is 1. The summed E-state index contributed by atoms with van der Waals surface area (Å²) in [6, 6.07) is 13.2. The van der Waals surface area contributed by atoms with Gasteiger partial charge in [0.25, 0.3) is 5.56 Å². The van der Waals surface area contributed by atoms with Crippen molar-refractivity contribution in [3.05, 3.63) is 86.7 Å². The van der Waals surface area contributed by atoms with Gasteiger partial charge in [-0.25, -0.2) is 20.0 Å². The van der Waals surface area contributed by atoms with E-state index < -0.39 is 55.9 Å². The largest absolute Gasteiger partial charge is 1.00 e. The maximum atomic E-state index is 14.0. The number of aromatic hydroxyl groups is 1. The minimum Gasteiger partial charge on any atom is -0.776 e. The van der Waals surface area contributed by atoms with Gasteiger partial charge in [0.2, 0.25) is 5.60 Å². The van der Waals surface area contributed by atoms with Crippen LogP contribution >= 0.6 is 15.2 Å². The van der Waals surface area contributed by atoms with E-state index in [1.807, 2.05) is 6.92 Å². The Morgan fingerprint density at radius 1 is 1.05 bits per heavy atom. The van der Waals surface area contributed by atoms with Gasteiger partial charge in [-0.1, -0.05) is 26.0 Å². The number of aromatic nitrogens is 2. The number of benzene rings is 2. The third kappa shape index (κ3) is 11.8. The number of phenols is 1. The molecule has 2 aliphatic rings. The van der Waals surface area contributed by atoms with Crippen molar-refractivity contribution in [1.82, 2.24) is 19.9 Å². The minimum absolute atomic E-state index is 0. The second-order valence-corrected chi connectivity index (χ2v) is 19.2. The molecule has 0 aliphatic carbocycles. The number of fused-ring (bicyclic) bond motifs is 5. The number of esters is 2. The molecule has 2 aliphatic heterocycles. The second-order valence-electron chi connectivity index (χ2n) is 15.3. The van der Waals surface area contributed by atoms with Crippen molar-refractivity contribution in [3.8, 4) is 22.9 Å². The number of amides is 1. The van der Waals surface area contributed by atoms with Crippen molar-refractivity contribution < 1.29 is 131 Å².